The molecular weight excluding hydrogens is 130 g/mol. The molecule has 1 N–H and O–H groups in total. The maximum Gasteiger partial charge on any atom is 0.00580 e. The Kier molecular flexibility index (Phi) is 8.09. The van der Waals surface area contributed by atoms with Gasteiger partial charge in [0, 0.05) is 12.3 Å². The van der Waals surface area contributed by atoms with Gasteiger partial charge >= 0.3 is 0 Å². The number of hydrogen-bond acceptors (Lipinski definition) is 2. The maximum absolute atomic E-state index is 3.65. The Labute approximate surface area is 61.9 Å². The molecule has 9 heavy (non-hydrogen) atoms. The first-order valence-corrected chi connectivity index (χ1v) is 4.40. The first kappa shape index (κ1) is 9.05. The number of rotatable bonds is 6. The Morgan fingerprint density at radius 1 is 1.56 bits per heavy atom. The van der Waals surface area contributed by atoms with Crippen LogP contribution in [0.15, 0.2) is 12.7 Å². The molecule has 0 unspecified atom stereocenters. The minimum absolute atomic E-state index is 1.11. The van der Waals surface area contributed by atoms with Crippen molar-refractivity contribution in [3.8, 4) is 0 Å². The van der Waals surface area contributed by atoms with E-state index in [1.54, 1.807) is 0 Å². The van der Waals surface area contributed by atoms with E-state index < -0.39 is 0 Å². The van der Waals surface area contributed by atoms with Crippen LogP contribution in [0.5, 0.6) is 0 Å². The third-order valence-electron chi connectivity index (χ3n) is 0.963. The molecule has 0 amide bonds. The van der Waals surface area contributed by atoms with Crippen LogP contribution in [0.4, 0.5) is 0 Å². The molecule has 0 aromatic rings. The van der Waals surface area contributed by atoms with Gasteiger partial charge in [-0.15, -0.1) is 6.58 Å². The zero-order valence-corrected chi connectivity index (χ0v) is 6.84. The molecule has 0 rings (SSSR count). The van der Waals surface area contributed by atoms with Gasteiger partial charge < -0.3 is 5.32 Å². The van der Waals surface area contributed by atoms with Crippen molar-refractivity contribution in [1.82, 2.24) is 5.32 Å². The molecule has 0 spiro atoms. The van der Waals surface area contributed by atoms with Crippen LogP contribution in [-0.2, 0) is 0 Å². The highest BCUT2D eigenvalue weighted by molar-refractivity contribution is 7.99. The largest absolute Gasteiger partial charge is 0.319 e. The molecule has 0 heterocycles. The molecule has 0 bridgehead atoms. The van der Waals surface area contributed by atoms with E-state index in [-0.39, 0.29) is 0 Å². The predicted octanol–water partition coefficient (Wildman–Crippen LogP) is 1.52. The van der Waals surface area contributed by atoms with E-state index in [0.717, 1.165) is 13.0 Å². The molecule has 0 aliphatic heterocycles. The van der Waals surface area contributed by atoms with Crippen LogP contribution in [0.25, 0.3) is 0 Å². The van der Waals surface area contributed by atoms with Crippen LogP contribution in [0.2, 0.25) is 0 Å². The van der Waals surface area contributed by atoms with Gasteiger partial charge in [0.05, 0.1) is 0 Å². The second-order valence-electron chi connectivity index (χ2n) is 1.79. The normalized spacial score (nSPS) is 9.44. The average molecular weight is 145 g/mol. The SMILES string of the molecule is C=CCCSCCNC. The summed E-state index contributed by atoms with van der Waals surface area (Å²) in [6, 6.07) is 0. The minimum Gasteiger partial charge on any atom is -0.319 e. The summed E-state index contributed by atoms with van der Waals surface area (Å²) in [6.45, 7) is 4.76. The first-order chi connectivity index (χ1) is 4.41. The lowest BCUT2D eigenvalue weighted by Crippen LogP contribution is -2.09. The molecule has 0 saturated heterocycles. The van der Waals surface area contributed by atoms with E-state index in [9.17, 15) is 0 Å². The Morgan fingerprint density at radius 3 is 2.89 bits per heavy atom. The van der Waals surface area contributed by atoms with Gasteiger partial charge in [0.15, 0.2) is 0 Å². The molecule has 54 valence electrons. The Bertz CT molecular complexity index is 63.9. The molecule has 0 aromatic carbocycles. The highest BCUT2D eigenvalue weighted by Gasteiger charge is 1.83. The van der Waals surface area contributed by atoms with Gasteiger partial charge in [-0.05, 0) is 19.2 Å². The molecule has 2 heteroatoms. The summed E-state index contributed by atoms with van der Waals surface area (Å²) in [7, 11) is 1.98. The molecule has 0 saturated carbocycles. The molecule has 0 radical (unpaired) electrons. The highest BCUT2D eigenvalue weighted by Crippen LogP contribution is 2.00. The van der Waals surface area contributed by atoms with Gasteiger partial charge in [-0.2, -0.15) is 11.8 Å². The summed E-state index contributed by atoms with van der Waals surface area (Å²) >= 11 is 1.97. The molecule has 0 aliphatic rings. The fourth-order valence-corrected chi connectivity index (χ4v) is 1.33. The summed E-state index contributed by atoms with van der Waals surface area (Å²) in [6.07, 6.45) is 3.10. The van der Waals surface area contributed by atoms with E-state index in [1.807, 2.05) is 24.9 Å². The fraction of sp³-hybridized carbons (Fsp3) is 0.714. The average Bonchev–Trinajstić information content (AvgIpc) is 1.89. The maximum atomic E-state index is 3.65. The van der Waals surface area contributed by atoms with E-state index in [4.69, 9.17) is 0 Å². The van der Waals surface area contributed by atoms with Crippen molar-refractivity contribution in [2.45, 2.75) is 6.42 Å². The van der Waals surface area contributed by atoms with Crippen molar-refractivity contribution in [3.05, 3.63) is 12.7 Å². The Hall–Kier alpha value is 0.0500. The topological polar surface area (TPSA) is 12.0 Å². The van der Waals surface area contributed by atoms with Crippen molar-refractivity contribution in [1.29, 1.82) is 0 Å². The van der Waals surface area contributed by atoms with E-state index in [1.165, 1.54) is 11.5 Å². The van der Waals surface area contributed by atoms with Crippen molar-refractivity contribution < 1.29 is 0 Å². The summed E-state index contributed by atoms with van der Waals surface area (Å²) in [5.74, 6) is 2.43. The molecular formula is C7H15NS. The van der Waals surface area contributed by atoms with Gasteiger partial charge in [0.2, 0.25) is 0 Å². The predicted molar refractivity (Wildman–Crippen MR) is 46.1 cm³/mol. The summed E-state index contributed by atoms with van der Waals surface area (Å²) in [5, 5.41) is 3.10. The van der Waals surface area contributed by atoms with Crippen molar-refractivity contribution >= 4 is 11.8 Å². The molecule has 0 aliphatic carbocycles. The summed E-state index contributed by atoms with van der Waals surface area (Å²) < 4.78 is 0. The molecule has 0 atom stereocenters. The van der Waals surface area contributed by atoms with Crippen LogP contribution < -0.4 is 5.32 Å². The fourth-order valence-electron chi connectivity index (χ4n) is 0.443. The van der Waals surface area contributed by atoms with Gasteiger partial charge in [-0.25, -0.2) is 0 Å². The Morgan fingerprint density at radius 2 is 2.33 bits per heavy atom. The van der Waals surface area contributed by atoms with E-state index in [2.05, 4.69) is 11.9 Å². The zero-order valence-electron chi connectivity index (χ0n) is 6.02. The Balaban J connectivity index is 2.66. The van der Waals surface area contributed by atoms with E-state index >= 15 is 0 Å². The van der Waals surface area contributed by atoms with Crippen LogP contribution in [0.3, 0.4) is 0 Å². The van der Waals surface area contributed by atoms with Crippen molar-refractivity contribution in [3.63, 3.8) is 0 Å². The second kappa shape index (κ2) is 8.05. The quantitative estimate of drug-likeness (QED) is 0.449. The minimum atomic E-state index is 1.11. The van der Waals surface area contributed by atoms with E-state index in [0.29, 0.717) is 0 Å². The third kappa shape index (κ3) is 8.05. The smallest absolute Gasteiger partial charge is 0.00580 e. The van der Waals surface area contributed by atoms with Gasteiger partial charge in [0.1, 0.15) is 0 Å². The first-order valence-electron chi connectivity index (χ1n) is 3.25. The number of thioether (sulfide) groups is 1. The number of allylic oxidation sites excluding steroid dienone is 1. The lowest BCUT2D eigenvalue weighted by atomic mass is 10.5. The van der Waals surface area contributed by atoms with Crippen LogP contribution in [0, 0.1) is 0 Å². The third-order valence-corrected chi connectivity index (χ3v) is 1.98. The standard InChI is InChI=1S/C7H15NS/c1-3-4-6-9-7-5-8-2/h3,8H,1,4-7H2,2H3. The number of hydrogen-bond donors (Lipinski definition) is 1. The van der Waals surface area contributed by atoms with Crippen LogP contribution >= 0.6 is 11.8 Å². The molecule has 0 fully saturated rings. The van der Waals surface area contributed by atoms with Gasteiger partial charge in [0.25, 0.3) is 0 Å². The van der Waals surface area contributed by atoms with Gasteiger partial charge in [-0.3, -0.25) is 0 Å². The molecule has 1 nitrogen and oxygen atoms in total. The summed E-state index contributed by atoms with van der Waals surface area (Å²) in [4.78, 5) is 0. The van der Waals surface area contributed by atoms with Crippen molar-refractivity contribution in [2.24, 2.45) is 0 Å². The van der Waals surface area contributed by atoms with Gasteiger partial charge in [-0.1, -0.05) is 6.08 Å². The lowest BCUT2D eigenvalue weighted by Gasteiger charge is -1.96. The van der Waals surface area contributed by atoms with Crippen molar-refractivity contribution in [2.75, 3.05) is 25.1 Å². The molecule has 0 aromatic heterocycles. The lowest BCUT2D eigenvalue weighted by molar-refractivity contribution is 0.871. The van der Waals surface area contributed by atoms with Crippen LogP contribution in [0.1, 0.15) is 6.42 Å². The van der Waals surface area contributed by atoms with Crippen LogP contribution in [-0.4, -0.2) is 25.1 Å². The monoisotopic (exact) mass is 145 g/mol. The second-order valence-corrected chi connectivity index (χ2v) is 3.02. The highest BCUT2D eigenvalue weighted by atomic mass is 32.2. The zero-order chi connectivity index (χ0) is 6.95. The number of nitrogens with one attached hydrogen (secondary N) is 1. The summed E-state index contributed by atoms with van der Waals surface area (Å²) in [5.41, 5.74) is 0.